The van der Waals surface area contributed by atoms with Gasteiger partial charge in [0.05, 0.1) is 0 Å². The highest BCUT2D eigenvalue weighted by Gasteiger charge is 2.18. The van der Waals surface area contributed by atoms with E-state index in [9.17, 15) is 4.21 Å². The Balaban J connectivity index is 3.53. The van der Waals surface area contributed by atoms with Crippen LogP contribution in [-0.2, 0) is 11.3 Å². The summed E-state index contributed by atoms with van der Waals surface area (Å²) in [5.74, 6) is 1.35. The molecule has 0 aliphatic rings. The van der Waals surface area contributed by atoms with Gasteiger partial charge in [0.25, 0.3) is 0 Å². The number of nitrogens with one attached hydrogen (secondary N) is 1. The first-order chi connectivity index (χ1) is 9.81. The van der Waals surface area contributed by atoms with E-state index in [4.69, 9.17) is 0 Å². The Labute approximate surface area is 137 Å². The topological polar surface area (TPSA) is 29.1 Å². The Bertz CT molecular complexity index is 515. The summed E-state index contributed by atoms with van der Waals surface area (Å²) in [5.41, 5.74) is 5.08. The number of thioether (sulfide) groups is 1. The zero-order chi connectivity index (χ0) is 16.2. The summed E-state index contributed by atoms with van der Waals surface area (Å²) in [6.45, 7) is 13.3. The largest absolute Gasteiger partial charge is 0.339 e. The quantitative estimate of drug-likeness (QED) is 0.778. The van der Waals surface area contributed by atoms with Gasteiger partial charge in [-0.05, 0) is 40.7 Å². The van der Waals surface area contributed by atoms with Gasteiger partial charge in [0.2, 0.25) is 0 Å². The van der Waals surface area contributed by atoms with Crippen molar-refractivity contribution in [3.8, 4) is 0 Å². The molecule has 0 fully saturated rings. The summed E-state index contributed by atoms with van der Waals surface area (Å²) in [6, 6.07) is 4.58. The highest BCUT2D eigenvalue weighted by Crippen LogP contribution is 2.36. The number of benzene rings is 1. The maximum atomic E-state index is 11.2. The van der Waals surface area contributed by atoms with Crippen LogP contribution in [0.3, 0.4) is 0 Å². The number of rotatable bonds is 4. The lowest BCUT2D eigenvalue weighted by atomic mass is 9.87. The van der Waals surface area contributed by atoms with Crippen molar-refractivity contribution in [1.29, 1.82) is 0 Å². The van der Waals surface area contributed by atoms with Gasteiger partial charge < -0.3 is 5.32 Å². The van der Waals surface area contributed by atoms with Crippen LogP contribution in [0.5, 0.6) is 0 Å². The fourth-order valence-electron chi connectivity index (χ4n) is 2.31. The van der Waals surface area contributed by atoms with Crippen molar-refractivity contribution in [2.75, 3.05) is 11.6 Å². The van der Waals surface area contributed by atoms with Crippen LogP contribution in [0.25, 0.3) is 0 Å². The minimum atomic E-state index is 0.420. The maximum absolute atomic E-state index is 11.2. The van der Waals surface area contributed by atoms with Crippen molar-refractivity contribution < 1.29 is 4.21 Å². The van der Waals surface area contributed by atoms with Crippen LogP contribution >= 0.6 is 11.8 Å². The number of hydrogen-bond acceptors (Lipinski definition) is 2. The molecule has 1 rings (SSSR count). The molecular formula is C17H27NOS2. The second-order valence-corrected chi connectivity index (χ2v) is 7.89. The van der Waals surface area contributed by atoms with Gasteiger partial charge in [-0.15, -0.1) is 0 Å². The summed E-state index contributed by atoms with van der Waals surface area (Å²) >= 11 is 2.01. The smallest absolute Gasteiger partial charge is 0.168 e. The molecule has 1 N–H and O–H groups in total. The van der Waals surface area contributed by atoms with Crippen molar-refractivity contribution >= 4 is 33.0 Å². The molecule has 4 heteroatoms. The Morgan fingerprint density at radius 1 is 0.952 bits per heavy atom. The summed E-state index contributed by atoms with van der Waals surface area (Å²) in [5, 5.41) is 3.37. The van der Waals surface area contributed by atoms with E-state index in [0.29, 0.717) is 33.3 Å². The fraction of sp³-hybridized carbons (Fsp3) is 0.588. The standard InChI is InChI=1S/C17H27NOS2/c1-10(2)13-8-14(11(3)4)16(15(9-13)12(5)6)18-17(20-7)21-19/h8-12,18H,1-7H3. The van der Waals surface area contributed by atoms with Crippen molar-refractivity contribution in [2.45, 2.75) is 59.3 Å². The van der Waals surface area contributed by atoms with Crippen molar-refractivity contribution in [2.24, 2.45) is 0 Å². The molecule has 21 heavy (non-hydrogen) atoms. The van der Waals surface area contributed by atoms with Gasteiger partial charge in [0.15, 0.2) is 4.32 Å². The molecule has 0 atom stereocenters. The molecule has 1 aromatic rings. The van der Waals surface area contributed by atoms with Crippen LogP contribution < -0.4 is 5.32 Å². The van der Waals surface area contributed by atoms with Crippen molar-refractivity contribution in [1.82, 2.24) is 0 Å². The highest BCUT2D eigenvalue weighted by atomic mass is 32.2. The number of hydrogen-bond donors (Lipinski definition) is 1. The van der Waals surface area contributed by atoms with Gasteiger partial charge in [0.1, 0.15) is 11.3 Å². The van der Waals surface area contributed by atoms with Gasteiger partial charge in [-0.1, -0.05) is 65.4 Å². The molecule has 0 aliphatic heterocycles. The summed E-state index contributed by atoms with van der Waals surface area (Å²) in [7, 11) is 0. The Kier molecular flexibility index (Phi) is 7.01. The SMILES string of the molecule is CSC(Nc1c(C(C)C)cc(C(C)C)cc1C(C)C)=S=O. The van der Waals surface area contributed by atoms with Crippen molar-refractivity contribution in [3.63, 3.8) is 0 Å². The molecule has 0 saturated carbocycles. The normalized spacial score (nSPS) is 11.3. The first kappa shape index (κ1) is 18.3. The van der Waals surface area contributed by atoms with Gasteiger partial charge in [0, 0.05) is 5.69 Å². The average molecular weight is 326 g/mol. The van der Waals surface area contributed by atoms with Gasteiger partial charge in [-0.3, -0.25) is 0 Å². The second-order valence-electron chi connectivity index (χ2n) is 6.24. The van der Waals surface area contributed by atoms with E-state index in [1.54, 1.807) is 0 Å². The van der Waals surface area contributed by atoms with Crippen LogP contribution in [0.15, 0.2) is 12.1 Å². The molecule has 0 bridgehead atoms. The molecule has 0 saturated heterocycles. The molecule has 0 amide bonds. The zero-order valence-electron chi connectivity index (χ0n) is 14.1. The molecule has 118 valence electrons. The fourth-order valence-corrected chi connectivity index (χ4v) is 2.93. The predicted molar refractivity (Wildman–Crippen MR) is 99.0 cm³/mol. The van der Waals surface area contributed by atoms with E-state index < -0.39 is 0 Å². The Morgan fingerprint density at radius 2 is 1.43 bits per heavy atom. The molecule has 0 radical (unpaired) electrons. The third kappa shape index (κ3) is 4.62. The van der Waals surface area contributed by atoms with E-state index in [-0.39, 0.29) is 0 Å². The van der Waals surface area contributed by atoms with Gasteiger partial charge in [-0.25, -0.2) is 4.21 Å². The summed E-state index contributed by atoms with van der Waals surface area (Å²) in [4.78, 5) is 0. The molecule has 0 aromatic heterocycles. The first-order valence-corrected chi connectivity index (χ1v) is 9.43. The highest BCUT2D eigenvalue weighted by molar-refractivity contribution is 8.20. The third-order valence-electron chi connectivity index (χ3n) is 3.62. The summed E-state index contributed by atoms with van der Waals surface area (Å²) < 4.78 is 11.9. The van der Waals surface area contributed by atoms with E-state index in [1.165, 1.54) is 28.5 Å². The van der Waals surface area contributed by atoms with E-state index in [2.05, 4.69) is 59.0 Å². The molecular weight excluding hydrogens is 298 g/mol. The molecule has 2 nitrogen and oxygen atoms in total. The van der Waals surface area contributed by atoms with Gasteiger partial charge >= 0.3 is 0 Å². The zero-order valence-corrected chi connectivity index (χ0v) is 15.7. The minimum absolute atomic E-state index is 0.420. The third-order valence-corrected chi connectivity index (χ3v) is 5.05. The van der Waals surface area contributed by atoms with Crippen molar-refractivity contribution in [3.05, 3.63) is 28.8 Å². The van der Waals surface area contributed by atoms with Crippen LogP contribution in [0.1, 0.15) is 76.0 Å². The maximum Gasteiger partial charge on any atom is 0.168 e. The van der Waals surface area contributed by atoms with Crippen LogP contribution in [-0.4, -0.2) is 14.8 Å². The van der Waals surface area contributed by atoms with E-state index in [0.717, 1.165) is 5.69 Å². The lowest BCUT2D eigenvalue weighted by Crippen LogP contribution is -2.13. The molecule has 1 aromatic carbocycles. The van der Waals surface area contributed by atoms with E-state index >= 15 is 0 Å². The number of anilines is 1. The van der Waals surface area contributed by atoms with Crippen LogP contribution in [0, 0.1) is 0 Å². The first-order valence-electron chi connectivity index (χ1n) is 7.47. The lowest BCUT2D eigenvalue weighted by molar-refractivity contribution is 0.701. The Morgan fingerprint density at radius 3 is 1.71 bits per heavy atom. The van der Waals surface area contributed by atoms with Crippen LogP contribution in [0.2, 0.25) is 0 Å². The summed E-state index contributed by atoms with van der Waals surface area (Å²) in [6.07, 6.45) is 1.93. The van der Waals surface area contributed by atoms with Gasteiger partial charge in [-0.2, -0.15) is 0 Å². The monoisotopic (exact) mass is 325 g/mol. The average Bonchev–Trinajstić information content (AvgIpc) is 2.43. The minimum Gasteiger partial charge on any atom is -0.339 e. The molecule has 0 unspecified atom stereocenters. The van der Waals surface area contributed by atoms with Crippen LogP contribution in [0.4, 0.5) is 5.69 Å². The molecule has 0 aliphatic carbocycles. The predicted octanol–water partition coefficient (Wildman–Crippen LogP) is 5.13. The Hall–Kier alpha value is -0.740. The second kappa shape index (κ2) is 8.04. The van der Waals surface area contributed by atoms with E-state index in [1.807, 2.05) is 6.26 Å². The lowest BCUT2D eigenvalue weighted by Gasteiger charge is -2.23. The molecule has 0 spiro atoms. The molecule has 0 heterocycles.